The Hall–Kier alpha value is -3.72. The van der Waals surface area contributed by atoms with Crippen molar-refractivity contribution in [1.82, 2.24) is 9.97 Å². The third-order valence-corrected chi connectivity index (χ3v) is 5.27. The first-order chi connectivity index (χ1) is 14.4. The molecule has 0 aliphatic carbocycles. The number of hydrogen-bond acceptors (Lipinski definition) is 5. The standard InChI is InChI=1S/C21H16FN3O4S/c1-11-13(12-5-3-2-4-6-12)9-23-21-17(11)14(10-24-21)20(27)18-16(26)8-7-15(19(18)22)25-30(28)29/h2-10,26,30H,1H3,(H,23,24)(H,25,28,29). The number of benzene rings is 2. The number of H-pyrrole nitrogens is 1. The highest BCUT2D eigenvalue weighted by Crippen LogP contribution is 2.34. The molecule has 3 N–H and O–H groups in total. The molecule has 2 heterocycles. The number of carbonyl (C=O) groups is 1. The van der Waals surface area contributed by atoms with E-state index >= 15 is 0 Å². The molecular weight excluding hydrogens is 409 g/mol. The number of nitrogens with zero attached hydrogens (tertiary/aromatic N) is 1. The Morgan fingerprint density at radius 3 is 2.60 bits per heavy atom. The molecule has 2 aromatic carbocycles. The first-order valence-electron chi connectivity index (χ1n) is 8.87. The van der Waals surface area contributed by atoms with Crippen LogP contribution in [-0.4, -0.2) is 29.3 Å². The fourth-order valence-corrected chi connectivity index (χ4v) is 3.81. The van der Waals surface area contributed by atoms with Gasteiger partial charge in [-0.3, -0.25) is 9.52 Å². The van der Waals surface area contributed by atoms with Crippen LogP contribution >= 0.6 is 0 Å². The number of aryl methyl sites for hydroxylation is 1. The van der Waals surface area contributed by atoms with Gasteiger partial charge in [-0.1, -0.05) is 30.3 Å². The van der Waals surface area contributed by atoms with Gasteiger partial charge in [0.05, 0.1) is 11.3 Å². The topological polar surface area (TPSA) is 112 Å². The second kappa shape index (κ2) is 7.60. The number of aromatic amines is 1. The highest BCUT2D eigenvalue weighted by Gasteiger charge is 2.25. The second-order valence-corrected chi connectivity index (χ2v) is 7.35. The van der Waals surface area contributed by atoms with Crippen molar-refractivity contribution < 1.29 is 22.7 Å². The summed E-state index contributed by atoms with van der Waals surface area (Å²) in [6.07, 6.45) is 3.08. The fourth-order valence-electron chi connectivity index (χ4n) is 3.44. The van der Waals surface area contributed by atoms with E-state index in [1.165, 1.54) is 6.20 Å². The van der Waals surface area contributed by atoms with Crippen LogP contribution in [0.5, 0.6) is 5.75 Å². The summed E-state index contributed by atoms with van der Waals surface area (Å²) in [4.78, 5) is 20.4. The number of halogens is 1. The van der Waals surface area contributed by atoms with Crippen molar-refractivity contribution in [2.75, 3.05) is 4.72 Å². The molecule has 0 aliphatic rings. The largest absolute Gasteiger partial charge is 0.507 e. The zero-order valence-electron chi connectivity index (χ0n) is 15.6. The number of hydrogen-bond donors (Lipinski definition) is 4. The molecule has 0 spiro atoms. The molecule has 4 aromatic rings. The van der Waals surface area contributed by atoms with Gasteiger partial charge in [-0.05, 0) is 30.2 Å². The van der Waals surface area contributed by atoms with Gasteiger partial charge in [0.2, 0.25) is 16.7 Å². The highest BCUT2D eigenvalue weighted by atomic mass is 32.2. The number of aromatic hydroxyl groups is 1. The molecule has 0 atom stereocenters. The van der Waals surface area contributed by atoms with E-state index in [1.807, 2.05) is 42.0 Å². The molecule has 7 nitrogen and oxygen atoms in total. The van der Waals surface area contributed by atoms with E-state index < -0.39 is 39.5 Å². The molecule has 0 radical (unpaired) electrons. The lowest BCUT2D eigenvalue weighted by atomic mass is 9.95. The first kappa shape index (κ1) is 19.6. The summed E-state index contributed by atoms with van der Waals surface area (Å²) >= 11 is 0. The maximum absolute atomic E-state index is 14.8. The van der Waals surface area contributed by atoms with Crippen LogP contribution < -0.4 is 4.72 Å². The van der Waals surface area contributed by atoms with Crippen molar-refractivity contribution in [3.8, 4) is 16.9 Å². The van der Waals surface area contributed by atoms with Crippen LogP contribution in [0, 0.1) is 12.7 Å². The van der Waals surface area contributed by atoms with Gasteiger partial charge in [0.15, 0.2) is 5.82 Å². The lowest BCUT2D eigenvalue weighted by Crippen LogP contribution is -2.08. The number of aromatic nitrogens is 2. The van der Waals surface area contributed by atoms with Crippen LogP contribution in [-0.2, 0) is 10.9 Å². The number of phenolic OH excluding ortho intramolecular Hbond substituents is 1. The number of ketones is 1. The third-order valence-electron chi connectivity index (χ3n) is 4.85. The van der Waals surface area contributed by atoms with E-state index in [1.54, 1.807) is 6.20 Å². The molecule has 0 saturated carbocycles. The van der Waals surface area contributed by atoms with Crippen molar-refractivity contribution in [2.45, 2.75) is 6.92 Å². The fraction of sp³-hybridized carbons (Fsp3) is 0.0476. The summed E-state index contributed by atoms with van der Waals surface area (Å²) in [5, 5.41) is 10.6. The maximum Gasteiger partial charge on any atom is 0.222 e. The number of nitrogens with one attached hydrogen (secondary N) is 2. The third kappa shape index (κ3) is 3.29. The molecule has 0 unspecified atom stereocenters. The predicted octanol–water partition coefficient (Wildman–Crippen LogP) is 3.55. The molecule has 0 fully saturated rings. The monoisotopic (exact) mass is 425 g/mol. The molecule has 152 valence electrons. The number of fused-ring (bicyclic) bond motifs is 1. The Labute approximate surface area is 172 Å². The van der Waals surface area contributed by atoms with Crippen LogP contribution in [0.4, 0.5) is 10.1 Å². The Balaban J connectivity index is 1.90. The van der Waals surface area contributed by atoms with Gasteiger partial charge in [0.1, 0.15) is 17.0 Å². The minimum Gasteiger partial charge on any atom is -0.507 e. The van der Waals surface area contributed by atoms with Gasteiger partial charge >= 0.3 is 0 Å². The van der Waals surface area contributed by atoms with Crippen molar-refractivity contribution in [2.24, 2.45) is 0 Å². The van der Waals surface area contributed by atoms with Crippen LogP contribution in [0.3, 0.4) is 0 Å². The predicted molar refractivity (Wildman–Crippen MR) is 112 cm³/mol. The normalized spacial score (nSPS) is 11.2. The van der Waals surface area contributed by atoms with Crippen molar-refractivity contribution >= 4 is 33.4 Å². The maximum atomic E-state index is 14.8. The van der Waals surface area contributed by atoms with Crippen molar-refractivity contribution in [1.29, 1.82) is 0 Å². The number of rotatable bonds is 5. The Morgan fingerprint density at radius 1 is 1.17 bits per heavy atom. The van der Waals surface area contributed by atoms with Gasteiger partial charge in [-0.2, -0.15) is 0 Å². The highest BCUT2D eigenvalue weighted by molar-refractivity contribution is 7.73. The Kier molecular flexibility index (Phi) is 4.96. The summed E-state index contributed by atoms with van der Waals surface area (Å²) in [7, 11) is -3.14. The summed E-state index contributed by atoms with van der Waals surface area (Å²) in [5.41, 5.74) is 1.98. The molecule has 0 amide bonds. The first-order valence-corrected chi connectivity index (χ1v) is 10.1. The lowest BCUT2D eigenvalue weighted by molar-refractivity contribution is 0.103. The molecule has 30 heavy (non-hydrogen) atoms. The number of phenols is 1. The second-order valence-electron chi connectivity index (χ2n) is 6.61. The van der Waals surface area contributed by atoms with Crippen LogP contribution in [0.1, 0.15) is 21.5 Å². The van der Waals surface area contributed by atoms with Gasteiger partial charge in [-0.25, -0.2) is 17.8 Å². The van der Waals surface area contributed by atoms with E-state index in [9.17, 15) is 22.7 Å². The van der Waals surface area contributed by atoms with Gasteiger partial charge < -0.3 is 10.1 Å². The number of thiol groups is 1. The molecule has 9 heteroatoms. The quantitative estimate of drug-likeness (QED) is 0.222. The van der Waals surface area contributed by atoms with E-state index in [4.69, 9.17) is 0 Å². The van der Waals surface area contributed by atoms with Crippen molar-refractivity contribution in [3.63, 3.8) is 0 Å². The van der Waals surface area contributed by atoms with E-state index in [2.05, 4.69) is 9.97 Å². The zero-order valence-corrected chi connectivity index (χ0v) is 16.5. The molecule has 0 bridgehead atoms. The number of pyridine rings is 1. The summed E-state index contributed by atoms with van der Waals surface area (Å²) < 4.78 is 38.6. The minimum atomic E-state index is -3.14. The summed E-state index contributed by atoms with van der Waals surface area (Å²) in [6.45, 7) is 1.83. The Bertz CT molecular complexity index is 1360. The summed E-state index contributed by atoms with van der Waals surface area (Å²) in [5.74, 6) is -2.54. The number of carbonyl (C=O) groups excluding carboxylic acids is 1. The zero-order chi connectivity index (χ0) is 21.4. The number of anilines is 1. The van der Waals surface area contributed by atoms with Gasteiger partial charge in [0, 0.05) is 23.3 Å². The molecular formula is C21H16FN3O4S. The van der Waals surface area contributed by atoms with E-state index in [-0.39, 0.29) is 5.56 Å². The smallest absolute Gasteiger partial charge is 0.222 e. The molecule has 2 aromatic heterocycles. The molecule has 0 saturated heterocycles. The Morgan fingerprint density at radius 2 is 1.90 bits per heavy atom. The van der Waals surface area contributed by atoms with Crippen LogP contribution in [0.2, 0.25) is 0 Å². The average Bonchev–Trinajstić information content (AvgIpc) is 3.16. The van der Waals surface area contributed by atoms with E-state index in [0.717, 1.165) is 28.8 Å². The van der Waals surface area contributed by atoms with Crippen LogP contribution in [0.25, 0.3) is 22.2 Å². The lowest BCUT2D eigenvalue weighted by Gasteiger charge is -2.10. The summed E-state index contributed by atoms with van der Waals surface area (Å²) in [6, 6.07) is 11.6. The average molecular weight is 425 g/mol. The van der Waals surface area contributed by atoms with Gasteiger partial charge in [-0.15, -0.1) is 0 Å². The van der Waals surface area contributed by atoms with Gasteiger partial charge in [0.25, 0.3) is 0 Å². The van der Waals surface area contributed by atoms with Crippen LogP contribution in [0.15, 0.2) is 54.9 Å². The molecule has 0 aliphatic heterocycles. The molecule has 4 rings (SSSR count). The SMILES string of the molecule is Cc1c(-c2ccccc2)cnc2[nH]cc(C(=O)c3c(O)ccc(N[SH](=O)=O)c3F)c12. The minimum absolute atomic E-state index is 0.116. The van der Waals surface area contributed by atoms with Crippen molar-refractivity contribution in [3.05, 3.63) is 77.4 Å². The van der Waals surface area contributed by atoms with E-state index in [0.29, 0.717) is 11.0 Å².